The Labute approximate surface area is 156 Å². The minimum atomic E-state index is -0.540. The number of aryl methyl sites for hydroxylation is 1. The van der Waals surface area contributed by atoms with Crippen LogP contribution in [0.3, 0.4) is 0 Å². The van der Waals surface area contributed by atoms with E-state index >= 15 is 0 Å². The fourth-order valence-electron chi connectivity index (χ4n) is 3.29. The van der Waals surface area contributed by atoms with E-state index in [-0.39, 0.29) is 24.4 Å². The predicted octanol–water partition coefficient (Wildman–Crippen LogP) is 3.70. The van der Waals surface area contributed by atoms with E-state index in [9.17, 15) is 4.79 Å². The molecule has 0 saturated carbocycles. The van der Waals surface area contributed by atoms with Crippen LogP contribution in [0.25, 0.3) is 0 Å². The summed E-state index contributed by atoms with van der Waals surface area (Å²) in [4.78, 5) is 12.8. The lowest BCUT2D eigenvalue weighted by molar-refractivity contribution is -0.125. The summed E-state index contributed by atoms with van der Waals surface area (Å²) in [6.45, 7) is 7.59. The van der Waals surface area contributed by atoms with Gasteiger partial charge in [-0.15, -0.1) is 12.4 Å². The Hall–Kier alpha value is -1.84. The van der Waals surface area contributed by atoms with Crippen molar-refractivity contribution in [3.05, 3.63) is 70.8 Å². The van der Waals surface area contributed by atoms with Gasteiger partial charge in [0.2, 0.25) is 5.91 Å². The highest BCUT2D eigenvalue weighted by atomic mass is 35.5. The molecule has 134 valence electrons. The summed E-state index contributed by atoms with van der Waals surface area (Å²) in [7, 11) is 0. The number of halogens is 1. The molecule has 0 radical (unpaired) electrons. The number of nitrogens with one attached hydrogen (secondary N) is 2. The maximum atomic E-state index is 12.8. The van der Waals surface area contributed by atoms with Gasteiger partial charge >= 0.3 is 0 Å². The first-order valence-electron chi connectivity index (χ1n) is 8.65. The summed E-state index contributed by atoms with van der Waals surface area (Å²) in [5.41, 5.74) is 4.40. The summed E-state index contributed by atoms with van der Waals surface area (Å²) in [5, 5.41) is 6.66. The van der Waals surface area contributed by atoms with Gasteiger partial charge in [-0.2, -0.15) is 0 Å². The van der Waals surface area contributed by atoms with E-state index in [1.165, 1.54) is 16.7 Å². The van der Waals surface area contributed by atoms with E-state index in [1.807, 2.05) is 26.0 Å². The van der Waals surface area contributed by atoms with Crippen molar-refractivity contribution in [1.29, 1.82) is 0 Å². The van der Waals surface area contributed by atoms with E-state index in [1.54, 1.807) is 0 Å². The van der Waals surface area contributed by atoms with Gasteiger partial charge in [-0.1, -0.05) is 54.1 Å². The second kappa shape index (κ2) is 8.03. The van der Waals surface area contributed by atoms with Gasteiger partial charge in [0.05, 0.1) is 5.41 Å². The highest BCUT2D eigenvalue weighted by Crippen LogP contribution is 2.25. The van der Waals surface area contributed by atoms with Crippen LogP contribution in [0, 0.1) is 6.92 Å². The Bertz CT molecular complexity index is 725. The molecule has 1 aliphatic rings. The van der Waals surface area contributed by atoms with Gasteiger partial charge in [-0.3, -0.25) is 4.79 Å². The van der Waals surface area contributed by atoms with Crippen molar-refractivity contribution in [2.24, 2.45) is 0 Å². The number of carbonyl (C=O) groups is 1. The Morgan fingerprint density at radius 2 is 1.84 bits per heavy atom. The van der Waals surface area contributed by atoms with Crippen LogP contribution in [0.2, 0.25) is 0 Å². The molecule has 2 aromatic rings. The van der Waals surface area contributed by atoms with Crippen LogP contribution in [0.4, 0.5) is 0 Å². The molecule has 2 aromatic carbocycles. The molecule has 0 aromatic heterocycles. The third-order valence-corrected chi connectivity index (χ3v) is 5.02. The third-order valence-electron chi connectivity index (χ3n) is 5.02. The topological polar surface area (TPSA) is 41.1 Å². The van der Waals surface area contributed by atoms with Crippen molar-refractivity contribution < 1.29 is 4.79 Å². The fourth-order valence-corrected chi connectivity index (χ4v) is 3.29. The molecule has 1 atom stereocenters. The van der Waals surface area contributed by atoms with Crippen LogP contribution in [-0.4, -0.2) is 19.0 Å². The summed E-state index contributed by atoms with van der Waals surface area (Å²) in [6.07, 6.45) is 1.05. The van der Waals surface area contributed by atoms with E-state index in [2.05, 4.69) is 54.0 Å². The van der Waals surface area contributed by atoms with Crippen molar-refractivity contribution in [2.75, 3.05) is 13.1 Å². The largest absolute Gasteiger partial charge is 0.353 e. The van der Waals surface area contributed by atoms with Gasteiger partial charge in [-0.25, -0.2) is 0 Å². The summed E-state index contributed by atoms with van der Waals surface area (Å²) >= 11 is 0. The maximum absolute atomic E-state index is 12.8. The summed E-state index contributed by atoms with van der Waals surface area (Å²) in [5.74, 6) is 0.0659. The number of fused-ring (bicyclic) bond motifs is 1. The van der Waals surface area contributed by atoms with Crippen LogP contribution in [0.1, 0.15) is 42.1 Å². The molecule has 4 heteroatoms. The van der Waals surface area contributed by atoms with Crippen LogP contribution in [-0.2, 0) is 16.6 Å². The Morgan fingerprint density at radius 1 is 1.16 bits per heavy atom. The molecule has 25 heavy (non-hydrogen) atoms. The molecule has 3 nitrogen and oxygen atoms in total. The van der Waals surface area contributed by atoms with Gasteiger partial charge < -0.3 is 10.6 Å². The SMILES string of the molecule is Cc1ccc(C(C)(C)C(=O)NCC2NCCc3ccccc32)cc1.Cl. The number of amides is 1. The van der Waals surface area contributed by atoms with Gasteiger partial charge in [-0.05, 0) is 50.4 Å². The molecule has 0 saturated heterocycles. The molecule has 0 bridgehead atoms. The monoisotopic (exact) mass is 358 g/mol. The molecule has 0 spiro atoms. The minimum absolute atomic E-state index is 0. The van der Waals surface area contributed by atoms with Crippen molar-refractivity contribution in [3.8, 4) is 0 Å². The zero-order chi connectivity index (χ0) is 17.2. The molecule has 3 rings (SSSR count). The highest BCUT2D eigenvalue weighted by molar-refractivity contribution is 5.87. The van der Waals surface area contributed by atoms with Gasteiger partial charge in [0.1, 0.15) is 0 Å². The zero-order valence-corrected chi connectivity index (χ0v) is 16.0. The van der Waals surface area contributed by atoms with E-state index in [4.69, 9.17) is 0 Å². The lowest BCUT2D eigenvalue weighted by atomic mass is 9.83. The molecule has 0 aliphatic carbocycles. The Balaban J connectivity index is 0.00000225. The average molecular weight is 359 g/mol. The first-order chi connectivity index (χ1) is 11.5. The molecule has 2 N–H and O–H groups in total. The van der Waals surface area contributed by atoms with Gasteiger partial charge in [0.25, 0.3) is 0 Å². The number of benzene rings is 2. The molecule has 1 unspecified atom stereocenters. The van der Waals surface area contributed by atoms with E-state index < -0.39 is 5.41 Å². The second-order valence-electron chi connectivity index (χ2n) is 7.16. The van der Waals surface area contributed by atoms with Crippen molar-refractivity contribution in [1.82, 2.24) is 10.6 Å². The summed E-state index contributed by atoms with van der Waals surface area (Å²) in [6, 6.07) is 16.9. The first-order valence-corrected chi connectivity index (χ1v) is 8.65. The molecule has 0 fully saturated rings. The molecule has 1 aliphatic heterocycles. The van der Waals surface area contributed by atoms with Crippen molar-refractivity contribution in [2.45, 2.75) is 38.6 Å². The smallest absolute Gasteiger partial charge is 0.230 e. The van der Waals surface area contributed by atoms with Crippen LogP contribution in [0.5, 0.6) is 0 Å². The van der Waals surface area contributed by atoms with Gasteiger partial charge in [0, 0.05) is 12.6 Å². The van der Waals surface area contributed by atoms with E-state index in [0.717, 1.165) is 18.5 Å². The molecule has 1 heterocycles. The number of rotatable bonds is 4. The van der Waals surface area contributed by atoms with Crippen LogP contribution < -0.4 is 10.6 Å². The van der Waals surface area contributed by atoms with E-state index in [0.29, 0.717) is 6.54 Å². The zero-order valence-electron chi connectivity index (χ0n) is 15.1. The summed E-state index contributed by atoms with van der Waals surface area (Å²) < 4.78 is 0. The third kappa shape index (κ3) is 4.23. The molecule has 1 amide bonds. The standard InChI is InChI=1S/C21H26N2O.ClH/c1-15-8-10-17(11-9-15)21(2,3)20(24)23-14-19-18-7-5-4-6-16(18)12-13-22-19;/h4-11,19,22H,12-14H2,1-3H3,(H,23,24);1H. The average Bonchev–Trinajstić information content (AvgIpc) is 2.60. The van der Waals surface area contributed by atoms with Gasteiger partial charge in [0.15, 0.2) is 0 Å². The minimum Gasteiger partial charge on any atom is -0.353 e. The lowest BCUT2D eigenvalue weighted by Crippen LogP contribution is -2.45. The second-order valence-corrected chi connectivity index (χ2v) is 7.16. The first kappa shape index (κ1) is 19.5. The number of hydrogen-bond acceptors (Lipinski definition) is 2. The van der Waals surface area contributed by atoms with Crippen molar-refractivity contribution in [3.63, 3.8) is 0 Å². The number of hydrogen-bond donors (Lipinski definition) is 2. The maximum Gasteiger partial charge on any atom is 0.230 e. The van der Waals surface area contributed by atoms with Crippen molar-refractivity contribution >= 4 is 18.3 Å². The normalized spacial score (nSPS) is 16.5. The molecular formula is C21H27ClN2O. The fraction of sp³-hybridized carbons (Fsp3) is 0.381. The highest BCUT2D eigenvalue weighted by Gasteiger charge is 2.30. The Morgan fingerprint density at radius 3 is 2.56 bits per heavy atom. The van der Waals surface area contributed by atoms with Crippen LogP contribution in [0.15, 0.2) is 48.5 Å². The lowest BCUT2D eigenvalue weighted by Gasteiger charge is -2.29. The quantitative estimate of drug-likeness (QED) is 0.875. The molecular weight excluding hydrogens is 332 g/mol. The van der Waals surface area contributed by atoms with Crippen LogP contribution >= 0.6 is 12.4 Å². The predicted molar refractivity (Wildman–Crippen MR) is 105 cm³/mol. The number of carbonyl (C=O) groups excluding carboxylic acids is 1. The Kier molecular flexibility index (Phi) is 6.26.